The van der Waals surface area contributed by atoms with Crippen molar-refractivity contribution in [2.75, 3.05) is 0 Å². The van der Waals surface area contributed by atoms with E-state index in [1.54, 1.807) is 0 Å². The first-order valence-electron chi connectivity index (χ1n) is 5.69. The topological polar surface area (TPSA) is 9.23 Å². The Kier molecular flexibility index (Phi) is 3.75. The van der Waals surface area contributed by atoms with Crippen LogP contribution < -0.4 is 0 Å². The van der Waals surface area contributed by atoms with E-state index in [0.29, 0.717) is 18.8 Å². The lowest BCUT2D eigenvalue weighted by molar-refractivity contribution is -0.0944. The lowest BCUT2D eigenvalue weighted by Gasteiger charge is -2.17. The molecule has 1 aromatic carbocycles. The number of hydrogen-bond acceptors (Lipinski definition) is 1. The molecule has 4 heteroatoms. The van der Waals surface area contributed by atoms with Crippen LogP contribution in [0, 0.1) is 0 Å². The molecule has 0 heterocycles. The van der Waals surface area contributed by atoms with Gasteiger partial charge in [0.15, 0.2) is 0 Å². The highest BCUT2D eigenvalue weighted by Crippen LogP contribution is 2.33. The molecule has 0 unspecified atom stereocenters. The van der Waals surface area contributed by atoms with Gasteiger partial charge < -0.3 is 4.74 Å². The molecular weight excluding hydrogens is 241 g/mol. The first-order chi connectivity index (χ1) is 8.55. The summed E-state index contributed by atoms with van der Waals surface area (Å²) in [4.78, 5) is 0. The molecule has 0 bridgehead atoms. The van der Waals surface area contributed by atoms with Gasteiger partial charge in [-0.1, -0.05) is 36.4 Å². The highest BCUT2D eigenvalue weighted by atomic mass is 19.4. The molecule has 1 nitrogen and oxygen atoms in total. The number of ether oxygens (including phenoxy) is 1. The molecule has 0 atom stereocenters. The van der Waals surface area contributed by atoms with Gasteiger partial charge >= 0.3 is 6.18 Å². The molecule has 0 N–H and O–H groups in total. The van der Waals surface area contributed by atoms with Crippen molar-refractivity contribution in [1.29, 1.82) is 0 Å². The maximum Gasteiger partial charge on any atom is 0.412 e. The zero-order valence-electron chi connectivity index (χ0n) is 9.70. The molecule has 0 aliphatic heterocycles. The minimum atomic E-state index is -4.22. The van der Waals surface area contributed by atoms with Crippen LogP contribution in [-0.4, -0.2) is 6.18 Å². The summed E-state index contributed by atoms with van der Waals surface area (Å²) in [6.07, 6.45) is -1.41. The third kappa shape index (κ3) is 3.39. The summed E-state index contributed by atoms with van der Waals surface area (Å²) in [6.45, 7) is 0.391. The number of halogens is 3. The molecule has 0 aromatic heterocycles. The van der Waals surface area contributed by atoms with E-state index >= 15 is 0 Å². The number of allylic oxidation sites excluding steroid dienone is 4. The molecule has 0 fully saturated rings. The largest absolute Gasteiger partial charge is 0.493 e. The van der Waals surface area contributed by atoms with Crippen LogP contribution in [-0.2, 0) is 11.3 Å². The third-order valence-electron chi connectivity index (χ3n) is 2.74. The molecule has 0 spiro atoms. The third-order valence-corrected chi connectivity index (χ3v) is 2.74. The summed E-state index contributed by atoms with van der Waals surface area (Å²) in [5.41, 5.74) is 0.513. The fourth-order valence-electron chi connectivity index (χ4n) is 1.72. The molecule has 1 aliphatic carbocycles. The summed E-state index contributed by atoms with van der Waals surface area (Å²) in [5.74, 6) is 0.604. The number of hydrogen-bond donors (Lipinski definition) is 0. The van der Waals surface area contributed by atoms with Gasteiger partial charge in [-0.2, -0.15) is 13.2 Å². The minimum Gasteiger partial charge on any atom is -0.493 e. The summed E-state index contributed by atoms with van der Waals surface area (Å²) in [6, 6.07) is 9.54. The van der Waals surface area contributed by atoms with E-state index in [2.05, 4.69) is 0 Å². The second kappa shape index (κ2) is 5.29. The molecule has 0 saturated heterocycles. The Labute approximate surface area is 104 Å². The quantitative estimate of drug-likeness (QED) is 0.778. The molecule has 0 saturated carbocycles. The van der Waals surface area contributed by atoms with Gasteiger partial charge in [-0.05, 0) is 18.1 Å². The van der Waals surface area contributed by atoms with Crippen LogP contribution in [0.2, 0.25) is 0 Å². The molecule has 1 aromatic rings. The minimum absolute atomic E-state index is 0.00980. The number of benzene rings is 1. The summed E-state index contributed by atoms with van der Waals surface area (Å²) in [7, 11) is 0. The van der Waals surface area contributed by atoms with Crippen molar-refractivity contribution in [2.45, 2.75) is 25.6 Å². The van der Waals surface area contributed by atoms with Crippen LogP contribution >= 0.6 is 0 Å². The SMILES string of the molecule is FC(F)(F)C1=CC=C(OCc2ccccc2)CC1. The van der Waals surface area contributed by atoms with Crippen LogP contribution in [0.15, 0.2) is 53.8 Å². The van der Waals surface area contributed by atoms with Crippen molar-refractivity contribution in [3.63, 3.8) is 0 Å². The van der Waals surface area contributed by atoms with Gasteiger partial charge in [-0.15, -0.1) is 0 Å². The molecule has 2 rings (SSSR count). The summed E-state index contributed by atoms with van der Waals surface area (Å²) < 4.78 is 42.6. The van der Waals surface area contributed by atoms with Gasteiger partial charge in [0.1, 0.15) is 6.61 Å². The van der Waals surface area contributed by atoms with Crippen molar-refractivity contribution in [3.05, 3.63) is 59.4 Å². The van der Waals surface area contributed by atoms with Gasteiger partial charge in [0.05, 0.1) is 5.76 Å². The summed E-state index contributed by atoms with van der Waals surface area (Å²) >= 11 is 0. The van der Waals surface area contributed by atoms with Gasteiger partial charge in [0.25, 0.3) is 0 Å². The fraction of sp³-hybridized carbons (Fsp3) is 0.286. The Morgan fingerprint density at radius 3 is 2.28 bits per heavy atom. The zero-order valence-corrected chi connectivity index (χ0v) is 9.70. The summed E-state index contributed by atoms with van der Waals surface area (Å²) in [5, 5.41) is 0. The molecule has 96 valence electrons. The first-order valence-corrected chi connectivity index (χ1v) is 5.69. The number of rotatable bonds is 3. The van der Waals surface area contributed by atoms with E-state index in [4.69, 9.17) is 4.74 Å². The van der Waals surface area contributed by atoms with E-state index in [0.717, 1.165) is 11.6 Å². The predicted octanol–water partition coefficient (Wildman–Crippen LogP) is 4.37. The first kappa shape index (κ1) is 12.7. The Balaban J connectivity index is 1.93. The average molecular weight is 254 g/mol. The lowest BCUT2D eigenvalue weighted by atomic mass is 10.0. The normalized spacial score (nSPS) is 15.9. The van der Waals surface area contributed by atoms with Gasteiger partial charge in [0, 0.05) is 12.0 Å². The van der Waals surface area contributed by atoms with Crippen LogP contribution in [0.3, 0.4) is 0 Å². The Morgan fingerprint density at radius 1 is 1.00 bits per heavy atom. The van der Waals surface area contributed by atoms with Crippen molar-refractivity contribution >= 4 is 0 Å². The van der Waals surface area contributed by atoms with Gasteiger partial charge in [-0.3, -0.25) is 0 Å². The van der Waals surface area contributed by atoms with E-state index in [-0.39, 0.29) is 6.42 Å². The monoisotopic (exact) mass is 254 g/mol. The second-order valence-electron chi connectivity index (χ2n) is 4.10. The van der Waals surface area contributed by atoms with Crippen LogP contribution in [0.5, 0.6) is 0 Å². The highest BCUT2D eigenvalue weighted by molar-refractivity contribution is 5.24. The molecule has 0 amide bonds. The molecule has 1 aliphatic rings. The van der Waals surface area contributed by atoms with E-state index in [9.17, 15) is 13.2 Å². The lowest BCUT2D eigenvalue weighted by Crippen LogP contribution is -2.14. The van der Waals surface area contributed by atoms with E-state index in [1.165, 1.54) is 6.08 Å². The fourth-order valence-corrected chi connectivity index (χ4v) is 1.72. The molecule has 18 heavy (non-hydrogen) atoms. The average Bonchev–Trinajstić information content (AvgIpc) is 2.37. The van der Waals surface area contributed by atoms with Crippen LogP contribution in [0.1, 0.15) is 18.4 Å². The standard InChI is InChI=1S/C14H13F3O/c15-14(16,17)12-6-8-13(9-7-12)18-10-11-4-2-1-3-5-11/h1-6,8H,7,9-10H2. The van der Waals surface area contributed by atoms with Crippen molar-refractivity contribution in [3.8, 4) is 0 Å². The van der Waals surface area contributed by atoms with Crippen LogP contribution in [0.4, 0.5) is 13.2 Å². The smallest absolute Gasteiger partial charge is 0.412 e. The maximum atomic E-state index is 12.4. The van der Waals surface area contributed by atoms with Gasteiger partial charge in [0.2, 0.25) is 0 Å². The number of alkyl halides is 3. The molecular formula is C14H13F3O. The Bertz CT molecular complexity index is 458. The van der Waals surface area contributed by atoms with Crippen molar-refractivity contribution in [2.24, 2.45) is 0 Å². The Morgan fingerprint density at radius 2 is 1.72 bits per heavy atom. The second-order valence-corrected chi connectivity index (χ2v) is 4.10. The van der Waals surface area contributed by atoms with Crippen molar-refractivity contribution < 1.29 is 17.9 Å². The van der Waals surface area contributed by atoms with Crippen molar-refractivity contribution in [1.82, 2.24) is 0 Å². The zero-order chi connectivity index (χ0) is 13.0. The predicted molar refractivity (Wildman–Crippen MR) is 62.7 cm³/mol. The van der Waals surface area contributed by atoms with Gasteiger partial charge in [-0.25, -0.2) is 0 Å². The van der Waals surface area contributed by atoms with Crippen LogP contribution in [0.25, 0.3) is 0 Å². The Hall–Kier alpha value is -1.71. The van der Waals surface area contributed by atoms with E-state index in [1.807, 2.05) is 30.3 Å². The maximum absolute atomic E-state index is 12.4. The molecule has 0 radical (unpaired) electrons. The van der Waals surface area contributed by atoms with E-state index < -0.39 is 11.7 Å². The highest BCUT2D eigenvalue weighted by Gasteiger charge is 2.33.